The largest absolute Gasteiger partial charge is 0.356 e. The lowest BCUT2D eigenvalue weighted by molar-refractivity contribution is -0.116. The van der Waals surface area contributed by atoms with Crippen molar-refractivity contribution < 1.29 is 4.79 Å². The van der Waals surface area contributed by atoms with Gasteiger partial charge >= 0.3 is 0 Å². The maximum absolute atomic E-state index is 12.0. The Labute approximate surface area is 203 Å². The third kappa shape index (κ3) is 10.6. The first-order valence-electron chi connectivity index (χ1n) is 10.4. The van der Waals surface area contributed by atoms with E-state index in [0.717, 1.165) is 25.1 Å². The molecule has 1 amide bonds. The number of aliphatic imine (C=N–C) groups is 1. The number of nitrogens with zero attached hydrogens (tertiary/aromatic N) is 3. The molecule has 0 saturated carbocycles. The highest BCUT2D eigenvalue weighted by Gasteiger charge is 2.10. The lowest BCUT2D eigenvalue weighted by Gasteiger charge is -2.25. The van der Waals surface area contributed by atoms with Crippen LogP contribution in [-0.4, -0.2) is 55.0 Å². The monoisotopic (exact) mass is 538 g/mol. The van der Waals surface area contributed by atoms with Crippen LogP contribution in [0.1, 0.15) is 30.9 Å². The summed E-state index contributed by atoms with van der Waals surface area (Å²) in [7, 11) is 3.88. The lowest BCUT2D eigenvalue weighted by atomic mass is 10.1. The molecule has 1 atom stereocenters. The number of halogens is 1. The van der Waals surface area contributed by atoms with Crippen molar-refractivity contribution in [3.05, 3.63) is 59.8 Å². The van der Waals surface area contributed by atoms with Gasteiger partial charge < -0.3 is 16.0 Å². The molecule has 170 valence electrons. The molecule has 2 aromatic rings. The van der Waals surface area contributed by atoms with Crippen molar-refractivity contribution >= 4 is 41.7 Å². The molecule has 1 aromatic heterocycles. The smallest absolute Gasteiger partial charge is 0.227 e. The highest BCUT2D eigenvalue weighted by atomic mass is 127. The van der Waals surface area contributed by atoms with Gasteiger partial charge in [0.15, 0.2) is 5.96 Å². The van der Waals surface area contributed by atoms with Crippen molar-refractivity contribution in [3.63, 3.8) is 0 Å². The first-order valence-corrected chi connectivity index (χ1v) is 10.4. The molecule has 2 rings (SSSR count). The summed E-state index contributed by atoms with van der Waals surface area (Å²) in [6.07, 6.45) is 3.06. The number of benzene rings is 1. The van der Waals surface area contributed by atoms with Crippen LogP contribution in [0.3, 0.4) is 0 Å². The van der Waals surface area contributed by atoms with Crippen LogP contribution in [0.2, 0.25) is 0 Å². The maximum atomic E-state index is 12.0. The van der Waals surface area contributed by atoms with Gasteiger partial charge in [0.05, 0.1) is 0 Å². The fourth-order valence-electron chi connectivity index (χ4n) is 2.91. The van der Waals surface area contributed by atoms with Gasteiger partial charge in [-0.1, -0.05) is 36.4 Å². The fraction of sp³-hybridized carbons (Fsp3) is 0.435. The second-order valence-electron chi connectivity index (χ2n) is 7.48. The number of anilines is 1. The number of aryl methyl sites for hydroxylation is 1. The van der Waals surface area contributed by atoms with E-state index in [1.54, 1.807) is 19.3 Å². The molecule has 0 fully saturated rings. The van der Waals surface area contributed by atoms with Crippen LogP contribution in [0.25, 0.3) is 0 Å². The predicted molar refractivity (Wildman–Crippen MR) is 139 cm³/mol. The van der Waals surface area contributed by atoms with Gasteiger partial charge in [0.25, 0.3) is 0 Å². The summed E-state index contributed by atoms with van der Waals surface area (Å²) in [5, 5.41) is 9.29. The molecule has 1 aromatic carbocycles. The molecule has 1 heterocycles. The number of carbonyl (C=O) groups is 1. The highest BCUT2D eigenvalue weighted by Crippen LogP contribution is 2.08. The average molecular weight is 538 g/mol. The van der Waals surface area contributed by atoms with E-state index in [0.29, 0.717) is 30.8 Å². The maximum Gasteiger partial charge on any atom is 0.227 e. The zero-order valence-corrected chi connectivity index (χ0v) is 21.2. The van der Waals surface area contributed by atoms with E-state index in [2.05, 4.69) is 69.1 Å². The Balaban J connectivity index is 0.00000480. The fourth-order valence-corrected chi connectivity index (χ4v) is 2.91. The van der Waals surface area contributed by atoms with Crippen molar-refractivity contribution in [2.75, 3.05) is 32.5 Å². The standard InChI is InChI=1S/C23H34N6O.HI/c1-18-10-11-21(27-16-18)28-22(30)13-15-26-23(24-3)25-14-12-19(2)29(4)17-20-8-6-5-7-9-20;/h5-11,16,19H,12-15,17H2,1-4H3,(H2,24,25,26)(H,27,28,30);1H. The Morgan fingerprint density at radius 3 is 2.48 bits per heavy atom. The molecular formula is C23H35IN6O. The van der Waals surface area contributed by atoms with Crippen LogP contribution in [0.5, 0.6) is 0 Å². The van der Waals surface area contributed by atoms with Gasteiger partial charge in [0.2, 0.25) is 5.91 Å². The molecule has 0 bridgehead atoms. The molecule has 7 nitrogen and oxygen atoms in total. The molecule has 1 unspecified atom stereocenters. The van der Waals surface area contributed by atoms with E-state index in [1.807, 2.05) is 19.1 Å². The van der Waals surface area contributed by atoms with Crippen LogP contribution in [0.4, 0.5) is 5.82 Å². The molecule has 0 aliphatic carbocycles. The number of hydrogen-bond donors (Lipinski definition) is 3. The van der Waals surface area contributed by atoms with E-state index >= 15 is 0 Å². The number of carbonyl (C=O) groups excluding carboxylic acids is 1. The molecule has 31 heavy (non-hydrogen) atoms. The van der Waals surface area contributed by atoms with Crippen molar-refractivity contribution in [3.8, 4) is 0 Å². The van der Waals surface area contributed by atoms with Gasteiger partial charge in [0.1, 0.15) is 5.82 Å². The van der Waals surface area contributed by atoms with Crippen LogP contribution in [0, 0.1) is 6.92 Å². The zero-order valence-electron chi connectivity index (χ0n) is 18.9. The molecule has 0 aliphatic heterocycles. The molecule has 0 aliphatic rings. The van der Waals surface area contributed by atoms with Gasteiger partial charge in [-0.25, -0.2) is 4.98 Å². The number of pyridine rings is 1. The molecular weight excluding hydrogens is 503 g/mol. The topological polar surface area (TPSA) is 81.6 Å². The minimum Gasteiger partial charge on any atom is -0.356 e. The Bertz CT molecular complexity index is 797. The number of nitrogens with one attached hydrogen (secondary N) is 3. The normalized spacial score (nSPS) is 12.1. The van der Waals surface area contributed by atoms with Gasteiger partial charge in [-0.15, -0.1) is 24.0 Å². The van der Waals surface area contributed by atoms with Gasteiger partial charge in [-0.3, -0.25) is 14.7 Å². The molecule has 8 heteroatoms. The average Bonchev–Trinajstić information content (AvgIpc) is 2.74. The van der Waals surface area contributed by atoms with Crippen LogP contribution in [-0.2, 0) is 11.3 Å². The van der Waals surface area contributed by atoms with Gasteiger partial charge in [-0.05, 0) is 44.5 Å². The van der Waals surface area contributed by atoms with Crippen molar-refractivity contribution in [2.24, 2.45) is 4.99 Å². The number of amides is 1. The lowest BCUT2D eigenvalue weighted by Crippen LogP contribution is -2.41. The van der Waals surface area contributed by atoms with E-state index in [-0.39, 0.29) is 29.9 Å². The first-order chi connectivity index (χ1) is 14.5. The van der Waals surface area contributed by atoms with Crippen LogP contribution < -0.4 is 16.0 Å². The summed E-state index contributed by atoms with van der Waals surface area (Å²) in [5.41, 5.74) is 2.38. The van der Waals surface area contributed by atoms with Crippen molar-refractivity contribution in [1.29, 1.82) is 0 Å². The number of aromatic nitrogens is 1. The van der Waals surface area contributed by atoms with Gasteiger partial charge in [0, 0.05) is 45.3 Å². The van der Waals surface area contributed by atoms with E-state index in [1.165, 1.54) is 5.56 Å². The summed E-state index contributed by atoms with van der Waals surface area (Å²) < 4.78 is 0. The zero-order chi connectivity index (χ0) is 21.8. The Morgan fingerprint density at radius 2 is 1.84 bits per heavy atom. The van der Waals surface area contributed by atoms with E-state index in [9.17, 15) is 4.79 Å². The van der Waals surface area contributed by atoms with Crippen molar-refractivity contribution in [2.45, 2.75) is 39.3 Å². The first kappa shape index (κ1) is 26.8. The quantitative estimate of drug-likeness (QED) is 0.246. The third-order valence-electron chi connectivity index (χ3n) is 4.93. The summed E-state index contributed by atoms with van der Waals surface area (Å²) in [4.78, 5) is 22.8. The summed E-state index contributed by atoms with van der Waals surface area (Å²) in [6.45, 7) is 6.42. The number of guanidine groups is 1. The van der Waals surface area contributed by atoms with E-state index < -0.39 is 0 Å². The summed E-state index contributed by atoms with van der Waals surface area (Å²) in [5.74, 6) is 1.20. The Kier molecular flexibility index (Phi) is 12.8. The number of rotatable bonds is 10. The molecule has 0 radical (unpaired) electrons. The second-order valence-corrected chi connectivity index (χ2v) is 7.48. The van der Waals surface area contributed by atoms with Gasteiger partial charge in [-0.2, -0.15) is 0 Å². The minimum absolute atomic E-state index is 0. The third-order valence-corrected chi connectivity index (χ3v) is 4.93. The van der Waals surface area contributed by atoms with Crippen LogP contribution >= 0.6 is 24.0 Å². The predicted octanol–water partition coefficient (Wildman–Crippen LogP) is 3.41. The molecule has 0 spiro atoms. The summed E-state index contributed by atoms with van der Waals surface area (Å²) >= 11 is 0. The van der Waals surface area contributed by atoms with Crippen LogP contribution in [0.15, 0.2) is 53.7 Å². The molecule has 0 saturated heterocycles. The second kappa shape index (κ2) is 14.7. The SMILES string of the molecule is CN=C(NCCC(=O)Nc1ccc(C)cn1)NCCC(C)N(C)Cc1ccccc1.I. The van der Waals surface area contributed by atoms with E-state index in [4.69, 9.17) is 0 Å². The van der Waals surface area contributed by atoms with Crippen molar-refractivity contribution in [1.82, 2.24) is 20.5 Å². The highest BCUT2D eigenvalue weighted by molar-refractivity contribution is 14.0. The summed E-state index contributed by atoms with van der Waals surface area (Å²) in [6, 6.07) is 14.6. The molecule has 3 N–H and O–H groups in total. The number of hydrogen-bond acceptors (Lipinski definition) is 4. The minimum atomic E-state index is -0.0783. The Morgan fingerprint density at radius 1 is 1.13 bits per heavy atom. The Hall–Kier alpha value is -2.20.